The van der Waals surface area contributed by atoms with Gasteiger partial charge in [-0.2, -0.15) is 4.57 Å². The molecule has 0 saturated heterocycles. The second-order valence-electron chi connectivity index (χ2n) is 5.85. The average Bonchev–Trinajstić information content (AvgIpc) is 2.68. The van der Waals surface area contributed by atoms with Crippen molar-refractivity contribution in [1.82, 2.24) is 5.32 Å². The number of hydrogen-bond acceptors (Lipinski definition) is 2. The molecule has 0 atom stereocenters. The van der Waals surface area contributed by atoms with Crippen LogP contribution in [0.25, 0.3) is 0 Å². The third kappa shape index (κ3) is 5.01. The summed E-state index contributed by atoms with van der Waals surface area (Å²) in [7, 11) is 0. The number of amides is 2. The molecular formula is C21H20N3O2+. The van der Waals surface area contributed by atoms with Gasteiger partial charge in [-0.05, 0) is 23.8 Å². The minimum absolute atomic E-state index is 0.112. The lowest BCUT2D eigenvalue weighted by Crippen LogP contribution is -2.42. The quantitative estimate of drug-likeness (QED) is 0.674. The lowest BCUT2D eigenvalue weighted by molar-refractivity contribution is -0.684. The SMILES string of the molecule is O=C(C[n+]1cccc(C(=O)Nc2ccccc2)c1)NCc1ccccc1. The van der Waals surface area contributed by atoms with Gasteiger partial charge in [0.2, 0.25) is 6.54 Å². The first-order valence-electron chi connectivity index (χ1n) is 8.37. The third-order valence-electron chi connectivity index (χ3n) is 3.81. The van der Waals surface area contributed by atoms with E-state index >= 15 is 0 Å². The molecule has 2 aromatic carbocycles. The number of anilines is 1. The van der Waals surface area contributed by atoms with E-state index in [2.05, 4.69) is 10.6 Å². The van der Waals surface area contributed by atoms with Crippen LogP contribution in [-0.4, -0.2) is 11.8 Å². The lowest BCUT2D eigenvalue weighted by atomic mass is 10.2. The van der Waals surface area contributed by atoms with Crippen molar-refractivity contribution < 1.29 is 14.2 Å². The molecule has 2 N–H and O–H groups in total. The highest BCUT2D eigenvalue weighted by Gasteiger charge is 2.13. The summed E-state index contributed by atoms with van der Waals surface area (Å²) in [6, 6.07) is 22.5. The van der Waals surface area contributed by atoms with E-state index in [1.54, 1.807) is 29.1 Å². The standard InChI is InChI=1S/C21H19N3O2/c25-20(22-14-17-8-3-1-4-9-17)16-24-13-7-10-18(15-24)21(26)23-19-11-5-2-6-12-19/h1-13,15H,14,16H2,(H-,22,23,25,26)/p+1. The molecule has 0 saturated carbocycles. The van der Waals surface area contributed by atoms with Crippen LogP contribution in [0.1, 0.15) is 15.9 Å². The van der Waals surface area contributed by atoms with Gasteiger partial charge < -0.3 is 10.6 Å². The van der Waals surface area contributed by atoms with Crippen LogP contribution in [0.5, 0.6) is 0 Å². The fraction of sp³-hybridized carbons (Fsp3) is 0.0952. The maximum Gasteiger partial charge on any atom is 0.286 e. The van der Waals surface area contributed by atoms with E-state index in [1.165, 1.54) is 0 Å². The number of aromatic nitrogens is 1. The molecule has 5 nitrogen and oxygen atoms in total. The van der Waals surface area contributed by atoms with Gasteiger partial charge >= 0.3 is 0 Å². The molecular weight excluding hydrogens is 326 g/mol. The molecule has 130 valence electrons. The average molecular weight is 346 g/mol. The fourth-order valence-corrected chi connectivity index (χ4v) is 2.50. The minimum atomic E-state index is -0.213. The van der Waals surface area contributed by atoms with Crippen LogP contribution in [0.3, 0.4) is 0 Å². The maximum atomic E-state index is 12.3. The Bertz CT molecular complexity index is 880. The summed E-state index contributed by atoms with van der Waals surface area (Å²) < 4.78 is 1.69. The number of hydrogen-bond donors (Lipinski definition) is 2. The summed E-state index contributed by atoms with van der Waals surface area (Å²) in [5.41, 5.74) is 2.27. The lowest BCUT2D eigenvalue weighted by Gasteiger charge is -2.05. The smallest absolute Gasteiger partial charge is 0.286 e. The number of rotatable bonds is 6. The molecule has 2 amide bonds. The molecule has 3 rings (SSSR count). The Kier molecular flexibility index (Phi) is 5.72. The van der Waals surface area contributed by atoms with Crippen LogP contribution in [-0.2, 0) is 17.9 Å². The Morgan fingerprint density at radius 1 is 0.846 bits per heavy atom. The van der Waals surface area contributed by atoms with E-state index in [-0.39, 0.29) is 18.4 Å². The van der Waals surface area contributed by atoms with Crippen molar-refractivity contribution in [2.24, 2.45) is 0 Å². The molecule has 26 heavy (non-hydrogen) atoms. The maximum absolute atomic E-state index is 12.3. The molecule has 0 fully saturated rings. The number of nitrogens with one attached hydrogen (secondary N) is 2. The normalized spacial score (nSPS) is 10.2. The molecule has 0 radical (unpaired) electrons. The first-order chi connectivity index (χ1) is 12.7. The summed E-state index contributed by atoms with van der Waals surface area (Å²) in [6.07, 6.45) is 3.43. The zero-order valence-corrected chi connectivity index (χ0v) is 14.3. The molecule has 5 heteroatoms. The summed E-state index contributed by atoms with van der Waals surface area (Å²) in [6.45, 7) is 0.633. The van der Waals surface area contributed by atoms with Gasteiger partial charge in [-0.3, -0.25) is 9.59 Å². The van der Waals surface area contributed by atoms with Gasteiger partial charge in [0.05, 0.1) is 0 Å². The van der Waals surface area contributed by atoms with Gasteiger partial charge in [-0.1, -0.05) is 48.5 Å². The van der Waals surface area contributed by atoms with Crippen LogP contribution in [0, 0.1) is 0 Å². The predicted molar refractivity (Wildman–Crippen MR) is 99.3 cm³/mol. The van der Waals surface area contributed by atoms with E-state index in [0.29, 0.717) is 12.1 Å². The molecule has 0 aliphatic rings. The number of pyridine rings is 1. The molecule has 0 aliphatic heterocycles. The number of carbonyl (C=O) groups is 2. The van der Waals surface area contributed by atoms with Gasteiger partial charge in [0.1, 0.15) is 5.56 Å². The third-order valence-corrected chi connectivity index (χ3v) is 3.81. The number of nitrogens with zero attached hydrogens (tertiary/aromatic N) is 1. The van der Waals surface area contributed by atoms with Crippen LogP contribution in [0.15, 0.2) is 85.2 Å². The molecule has 1 aromatic heterocycles. The Morgan fingerprint density at radius 2 is 1.54 bits per heavy atom. The highest BCUT2D eigenvalue weighted by Crippen LogP contribution is 2.07. The van der Waals surface area contributed by atoms with Gasteiger partial charge in [-0.15, -0.1) is 0 Å². The van der Waals surface area contributed by atoms with E-state index in [0.717, 1.165) is 11.3 Å². The van der Waals surface area contributed by atoms with Gasteiger partial charge in [0.15, 0.2) is 12.4 Å². The van der Waals surface area contributed by atoms with Crippen molar-refractivity contribution in [1.29, 1.82) is 0 Å². The van der Waals surface area contributed by atoms with E-state index in [4.69, 9.17) is 0 Å². The summed E-state index contributed by atoms with van der Waals surface area (Å²) >= 11 is 0. The zero-order chi connectivity index (χ0) is 18.2. The monoisotopic (exact) mass is 346 g/mol. The van der Waals surface area contributed by atoms with Crippen molar-refractivity contribution in [3.8, 4) is 0 Å². The van der Waals surface area contributed by atoms with E-state index < -0.39 is 0 Å². The molecule has 0 bridgehead atoms. The van der Waals surface area contributed by atoms with Gasteiger partial charge in [0, 0.05) is 18.3 Å². The largest absolute Gasteiger partial charge is 0.347 e. The molecule has 0 aliphatic carbocycles. The van der Waals surface area contributed by atoms with Gasteiger partial charge in [0.25, 0.3) is 11.8 Å². The first-order valence-corrected chi connectivity index (χ1v) is 8.37. The Balaban J connectivity index is 1.58. The van der Waals surface area contributed by atoms with Crippen molar-refractivity contribution >= 4 is 17.5 Å². The van der Waals surface area contributed by atoms with Crippen LogP contribution in [0.4, 0.5) is 5.69 Å². The van der Waals surface area contributed by atoms with Crippen LogP contribution in [0.2, 0.25) is 0 Å². The van der Waals surface area contributed by atoms with Crippen molar-refractivity contribution in [2.75, 3.05) is 5.32 Å². The summed E-state index contributed by atoms with van der Waals surface area (Å²) in [5.74, 6) is -0.324. The number of carbonyl (C=O) groups excluding carboxylic acids is 2. The minimum Gasteiger partial charge on any atom is -0.347 e. The Morgan fingerprint density at radius 3 is 2.27 bits per heavy atom. The Labute approximate surface area is 152 Å². The van der Waals surface area contributed by atoms with E-state index in [9.17, 15) is 9.59 Å². The van der Waals surface area contributed by atoms with Crippen molar-refractivity contribution in [3.05, 3.63) is 96.3 Å². The molecule has 3 aromatic rings. The Hall–Kier alpha value is -3.47. The van der Waals surface area contributed by atoms with E-state index in [1.807, 2.05) is 60.7 Å². The van der Waals surface area contributed by atoms with Crippen molar-refractivity contribution in [3.63, 3.8) is 0 Å². The highest BCUT2D eigenvalue weighted by molar-refractivity contribution is 6.03. The van der Waals surface area contributed by atoms with Crippen LogP contribution < -0.4 is 15.2 Å². The highest BCUT2D eigenvalue weighted by atomic mass is 16.2. The fourth-order valence-electron chi connectivity index (χ4n) is 2.50. The predicted octanol–water partition coefficient (Wildman–Crippen LogP) is 2.54. The molecule has 0 spiro atoms. The second kappa shape index (κ2) is 8.58. The van der Waals surface area contributed by atoms with Gasteiger partial charge in [-0.25, -0.2) is 0 Å². The van der Waals surface area contributed by atoms with Crippen molar-refractivity contribution in [2.45, 2.75) is 13.1 Å². The first kappa shape index (κ1) is 17.4. The zero-order valence-electron chi connectivity index (χ0n) is 14.3. The second-order valence-corrected chi connectivity index (χ2v) is 5.85. The summed E-state index contributed by atoms with van der Waals surface area (Å²) in [4.78, 5) is 24.5. The topological polar surface area (TPSA) is 62.1 Å². The molecule has 1 heterocycles. The number of para-hydroxylation sites is 1. The van der Waals surface area contributed by atoms with Crippen LogP contribution >= 0.6 is 0 Å². The summed E-state index contributed by atoms with van der Waals surface area (Å²) in [5, 5.41) is 5.71. The number of benzene rings is 2. The molecule has 0 unspecified atom stereocenters.